The van der Waals surface area contributed by atoms with E-state index in [0.717, 1.165) is 6.42 Å². The lowest BCUT2D eigenvalue weighted by Gasteiger charge is -1.89. The van der Waals surface area contributed by atoms with Crippen molar-refractivity contribution in [3.05, 3.63) is 15.5 Å². The first-order chi connectivity index (χ1) is 4.34. The number of hydrogen-bond acceptors (Lipinski definition) is 1. The van der Waals surface area contributed by atoms with Gasteiger partial charge in [0.2, 0.25) is 0 Å². The normalized spacial score (nSPS) is 10.0. The van der Waals surface area contributed by atoms with Gasteiger partial charge in [-0.05, 0) is 29.0 Å². The molecule has 0 unspecified atom stereocenters. The van der Waals surface area contributed by atoms with Gasteiger partial charge < -0.3 is 0 Å². The Balaban J connectivity index is 2.69. The molecule has 0 aliphatic rings. The Kier molecular flexibility index (Phi) is 2.50. The third kappa shape index (κ3) is 1.67. The zero-order chi connectivity index (χ0) is 6.69. The smallest absolute Gasteiger partial charge is 0.0989 e. The SMILES string of the molecule is CCCc1cn[nH]c1I. The van der Waals surface area contributed by atoms with Gasteiger partial charge in [-0.15, -0.1) is 0 Å². The molecule has 0 fully saturated rings. The van der Waals surface area contributed by atoms with E-state index < -0.39 is 0 Å². The third-order valence-electron chi connectivity index (χ3n) is 1.18. The highest BCUT2D eigenvalue weighted by Crippen LogP contribution is 2.08. The minimum atomic E-state index is 1.13. The second-order valence-corrected chi connectivity index (χ2v) is 3.04. The molecule has 0 aliphatic heterocycles. The van der Waals surface area contributed by atoms with Crippen LogP contribution in [-0.2, 0) is 6.42 Å². The Hall–Kier alpha value is -0.0600. The summed E-state index contributed by atoms with van der Waals surface area (Å²) in [4.78, 5) is 0. The van der Waals surface area contributed by atoms with Crippen LogP contribution in [0.3, 0.4) is 0 Å². The average Bonchev–Trinajstić information content (AvgIpc) is 2.18. The largest absolute Gasteiger partial charge is 0.272 e. The molecule has 2 nitrogen and oxygen atoms in total. The van der Waals surface area contributed by atoms with Crippen LogP contribution < -0.4 is 0 Å². The summed E-state index contributed by atoms with van der Waals surface area (Å²) in [5, 5.41) is 6.80. The number of aryl methyl sites for hydroxylation is 1. The van der Waals surface area contributed by atoms with Gasteiger partial charge >= 0.3 is 0 Å². The molecule has 0 atom stereocenters. The lowest BCUT2D eigenvalue weighted by molar-refractivity contribution is 0.917. The molecule has 0 aromatic carbocycles. The van der Waals surface area contributed by atoms with Crippen LogP contribution in [0.2, 0.25) is 0 Å². The van der Waals surface area contributed by atoms with Crippen molar-refractivity contribution in [3.63, 3.8) is 0 Å². The zero-order valence-electron chi connectivity index (χ0n) is 5.32. The van der Waals surface area contributed by atoms with Crippen LogP contribution in [0.1, 0.15) is 18.9 Å². The molecule has 0 saturated carbocycles. The maximum absolute atomic E-state index is 3.91. The van der Waals surface area contributed by atoms with Crippen LogP contribution in [0.25, 0.3) is 0 Å². The van der Waals surface area contributed by atoms with Crippen LogP contribution in [0, 0.1) is 3.70 Å². The number of aromatic nitrogens is 2. The van der Waals surface area contributed by atoms with E-state index in [4.69, 9.17) is 0 Å². The lowest BCUT2D eigenvalue weighted by atomic mass is 10.2. The first-order valence-electron chi connectivity index (χ1n) is 3.02. The first-order valence-corrected chi connectivity index (χ1v) is 4.10. The van der Waals surface area contributed by atoms with Crippen molar-refractivity contribution in [2.45, 2.75) is 19.8 Å². The number of hydrogen-bond donors (Lipinski definition) is 1. The van der Waals surface area contributed by atoms with Crippen LogP contribution >= 0.6 is 22.6 Å². The van der Waals surface area contributed by atoms with Crippen LogP contribution in [0.4, 0.5) is 0 Å². The third-order valence-corrected chi connectivity index (χ3v) is 2.12. The van der Waals surface area contributed by atoms with E-state index in [9.17, 15) is 0 Å². The maximum Gasteiger partial charge on any atom is 0.0989 e. The van der Waals surface area contributed by atoms with Crippen LogP contribution in [-0.4, -0.2) is 10.2 Å². The summed E-state index contributed by atoms with van der Waals surface area (Å²) in [5.74, 6) is 0. The summed E-state index contributed by atoms with van der Waals surface area (Å²) >= 11 is 2.26. The Labute approximate surface area is 68.2 Å². The monoisotopic (exact) mass is 236 g/mol. The summed E-state index contributed by atoms with van der Waals surface area (Å²) in [7, 11) is 0. The molecule has 1 heterocycles. The number of rotatable bonds is 2. The van der Waals surface area contributed by atoms with E-state index in [-0.39, 0.29) is 0 Å². The van der Waals surface area contributed by atoms with E-state index in [1.165, 1.54) is 15.7 Å². The van der Waals surface area contributed by atoms with Gasteiger partial charge in [0.05, 0.1) is 9.90 Å². The fourth-order valence-corrected chi connectivity index (χ4v) is 1.29. The molecular weight excluding hydrogens is 227 g/mol. The quantitative estimate of drug-likeness (QED) is 0.781. The van der Waals surface area contributed by atoms with E-state index in [0.29, 0.717) is 0 Å². The molecule has 1 N–H and O–H groups in total. The molecule has 1 rings (SSSR count). The van der Waals surface area contributed by atoms with Gasteiger partial charge in [0.1, 0.15) is 0 Å². The fourth-order valence-electron chi connectivity index (χ4n) is 0.739. The number of nitrogens with zero attached hydrogens (tertiary/aromatic N) is 1. The highest BCUT2D eigenvalue weighted by Gasteiger charge is 1.97. The van der Waals surface area contributed by atoms with Crippen molar-refractivity contribution in [1.82, 2.24) is 10.2 Å². The van der Waals surface area contributed by atoms with E-state index in [1.807, 2.05) is 6.20 Å². The molecule has 0 aliphatic carbocycles. The second kappa shape index (κ2) is 3.20. The molecule has 0 amide bonds. The van der Waals surface area contributed by atoms with Crippen molar-refractivity contribution in [3.8, 4) is 0 Å². The number of nitrogens with one attached hydrogen (secondary N) is 1. The van der Waals surface area contributed by atoms with Crippen molar-refractivity contribution in [2.24, 2.45) is 0 Å². The molecule has 0 saturated heterocycles. The standard InChI is InChI=1S/C6H9IN2/c1-2-3-5-4-8-9-6(5)7/h4H,2-3H2,1H3,(H,8,9). The second-order valence-electron chi connectivity index (χ2n) is 1.96. The summed E-state index contributed by atoms with van der Waals surface area (Å²) in [6, 6.07) is 0. The molecule has 50 valence electrons. The van der Waals surface area contributed by atoms with Crippen molar-refractivity contribution < 1.29 is 0 Å². The molecule has 0 bridgehead atoms. The van der Waals surface area contributed by atoms with E-state index >= 15 is 0 Å². The molecule has 9 heavy (non-hydrogen) atoms. The Bertz CT molecular complexity index is 183. The van der Waals surface area contributed by atoms with Crippen molar-refractivity contribution in [1.29, 1.82) is 0 Å². The van der Waals surface area contributed by atoms with Gasteiger partial charge in [0.15, 0.2) is 0 Å². The zero-order valence-corrected chi connectivity index (χ0v) is 7.47. The average molecular weight is 236 g/mol. The van der Waals surface area contributed by atoms with Gasteiger partial charge in [-0.3, -0.25) is 5.10 Å². The minimum absolute atomic E-state index is 1.13. The highest BCUT2D eigenvalue weighted by molar-refractivity contribution is 14.1. The van der Waals surface area contributed by atoms with Crippen molar-refractivity contribution >= 4 is 22.6 Å². The topological polar surface area (TPSA) is 28.7 Å². The Morgan fingerprint density at radius 2 is 2.56 bits per heavy atom. The van der Waals surface area contributed by atoms with Crippen LogP contribution in [0.15, 0.2) is 6.20 Å². The molecular formula is C6H9IN2. The first kappa shape index (κ1) is 7.05. The maximum atomic E-state index is 3.91. The lowest BCUT2D eigenvalue weighted by Crippen LogP contribution is -1.81. The van der Waals surface area contributed by atoms with Gasteiger partial charge in [0, 0.05) is 5.56 Å². The minimum Gasteiger partial charge on any atom is -0.272 e. The predicted octanol–water partition coefficient (Wildman–Crippen LogP) is 1.97. The summed E-state index contributed by atoms with van der Waals surface area (Å²) in [6.45, 7) is 2.17. The summed E-state index contributed by atoms with van der Waals surface area (Å²) in [6.07, 6.45) is 4.22. The van der Waals surface area contributed by atoms with Gasteiger partial charge in [-0.1, -0.05) is 13.3 Å². The van der Waals surface area contributed by atoms with Crippen LogP contribution in [0.5, 0.6) is 0 Å². The summed E-state index contributed by atoms with van der Waals surface area (Å²) < 4.78 is 1.18. The predicted molar refractivity (Wildman–Crippen MR) is 45.3 cm³/mol. The molecule has 0 radical (unpaired) electrons. The number of aromatic amines is 1. The number of halogens is 1. The molecule has 1 aromatic heterocycles. The number of H-pyrrole nitrogens is 1. The van der Waals surface area contributed by atoms with E-state index in [1.54, 1.807) is 0 Å². The molecule has 1 aromatic rings. The fraction of sp³-hybridized carbons (Fsp3) is 0.500. The summed E-state index contributed by atoms with van der Waals surface area (Å²) in [5.41, 5.74) is 1.33. The Morgan fingerprint density at radius 1 is 1.78 bits per heavy atom. The molecule has 0 spiro atoms. The Morgan fingerprint density at radius 3 is 3.00 bits per heavy atom. The van der Waals surface area contributed by atoms with Gasteiger partial charge in [-0.2, -0.15) is 5.10 Å². The van der Waals surface area contributed by atoms with E-state index in [2.05, 4.69) is 39.7 Å². The van der Waals surface area contributed by atoms with Gasteiger partial charge in [0.25, 0.3) is 0 Å². The van der Waals surface area contributed by atoms with Crippen molar-refractivity contribution in [2.75, 3.05) is 0 Å². The molecule has 3 heteroatoms. The highest BCUT2D eigenvalue weighted by atomic mass is 127. The van der Waals surface area contributed by atoms with Gasteiger partial charge in [-0.25, -0.2) is 0 Å².